The lowest BCUT2D eigenvalue weighted by Gasteiger charge is -2.34. The molecular weight excluding hydrogens is 338 g/mol. The number of esters is 1. The van der Waals surface area contributed by atoms with Crippen molar-refractivity contribution in [1.29, 1.82) is 0 Å². The highest BCUT2D eigenvalue weighted by molar-refractivity contribution is 6.17. The normalized spacial score (nSPS) is 16.2. The van der Waals surface area contributed by atoms with Crippen LogP contribution in [-0.4, -0.2) is 54.3 Å². The van der Waals surface area contributed by atoms with Crippen LogP contribution in [-0.2, 0) is 14.3 Å². The first-order valence-electron chi connectivity index (χ1n) is 8.11. The van der Waals surface area contributed by atoms with Crippen LogP contribution in [0, 0.1) is 5.92 Å². The molecule has 2 rings (SSSR count). The molecule has 138 valence electrons. The quantitative estimate of drug-likeness (QED) is 0.637. The summed E-state index contributed by atoms with van der Waals surface area (Å²) in [7, 11) is 2.67. The number of hydrogen-bond acceptors (Lipinski definition) is 6. The second-order valence-electron chi connectivity index (χ2n) is 5.68. The largest absolute Gasteiger partial charge is 0.462 e. The Bertz CT molecular complexity index is 746. The number of benzene rings is 1. The fourth-order valence-corrected chi connectivity index (χ4v) is 2.55. The summed E-state index contributed by atoms with van der Waals surface area (Å²) < 4.78 is 4.92. The molecule has 4 amide bonds. The molecule has 1 aromatic carbocycles. The van der Waals surface area contributed by atoms with E-state index in [1.807, 2.05) is 0 Å². The van der Waals surface area contributed by atoms with E-state index in [4.69, 9.17) is 4.74 Å². The number of rotatable bonds is 5. The minimum absolute atomic E-state index is 0.285. The zero-order valence-electron chi connectivity index (χ0n) is 15.1. The number of nitrogens with one attached hydrogen (secondary N) is 1. The molecule has 0 saturated carbocycles. The number of imide groups is 2. The maximum atomic E-state index is 12.4. The maximum absolute atomic E-state index is 12.4. The lowest BCUT2D eigenvalue weighted by Crippen LogP contribution is -2.57. The monoisotopic (exact) mass is 359 g/mol. The Morgan fingerprint density at radius 2 is 1.65 bits per heavy atom. The standard InChI is InChI=1S/C18H21N3O5/c1-5-13(14-15(22)20(3)18(25)21(4)16(14)23)19-12-9-7-11(8-10-12)17(24)26-6-2/h5,7-10,14,19H,6H2,1-4H3/b13-5+. The van der Waals surface area contributed by atoms with E-state index >= 15 is 0 Å². The van der Waals surface area contributed by atoms with Crippen molar-refractivity contribution in [3.8, 4) is 0 Å². The van der Waals surface area contributed by atoms with Gasteiger partial charge in [0.25, 0.3) is 0 Å². The van der Waals surface area contributed by atoms with E-state index in [2.05, 4.69) is 5.32 Å². The number of ether oxygens (including phenoxy) is 1. The zero-order valence-corrected chi connectivity index (χ0v) is 15.1. The van der Waals surface area contributed by atoms with Crippen LogP contribution in [0.3, 0.4) is 0 Å². The molecule has 1 saturated heterocycles. The summed E-state index contributed by atoms with van der Waals surface area (Å²) >= 11 is 0. The van der Waals surface area contributed by atoms with Gasteiger partial charge in [-0.25, -0.2) is 9.59 Å². The van der Waals surface area contributed by atoms with Crippen molar-refractivity contribution < 1.29 is 23.9 Å². The van der Waals surface area contributed by atoms with Crippen LogP contribution in [0.1, 0.15) is 24.2 Å². The summed E-state index contributed by atoms with van der Waals surface area (Å²) in [6.07, 6.45) is 1.61. The molecule has 0 radical (unpaired) electrons. The van der Waals surface area contributed by atoms with Crippen molar-refractivity contribution in [3.63, 3.8) is 0 Å². The SMILES string of the molecule is C/C=C(/Nc1ccc(C(=O)OCC)cc1)C1C(=O)N(C)C(=O)N(C)C1=O. The number of carbonyl (C=O) groups is 4. The Hall–Kier alpha value is -3.16. The van der Waals surface area contributed by atoms with Crippen LogP contribution in [0.15, 0.2) is 36.0 Å². The Kier molecular flexibility index (Phi) is 5.76. The number of barbiturate groups is 1. The smallest absolute Gasteiger partial charge is 0.338 e. The Morgan fingerprint density at radius 1 is 1.12 bits per heavy atom. The zero-order chi connectivity index (χ0) is 19.4. The molecule has 1 fully saturated rings. The molecule has 1 heterocycles. The van der Waals surface area contributed by atoms with E-state index in [1.54, 1.807) is 44.2 Å². The number of nitrogens with zero attached hydrogens (tertiary/aromatic N) is 2. The summed E-state index contributed by atoms with van der Waals surface area (Å²) in [5.41, 5.74) is 1.35. The van der Waals surface area contributed by atoms with Crippen molar-refractivity contribution in [2.45, 2.75) is 13.8 Å². The molecule has 0 unspecified atom stereocenters. The first-order chi connectivity index (χ1) is 12.3. The highest BCUT2D eigenvalue weighted by Crippen LogP contribution is 2.24. The van der Waals surface area contributed by atoms with E-state index < -0.39 is 29.7 Å². The molecule has 1 N–H and O–H groups in total. The van der Waals surface area contributed by atoms with Crippen LogP contribution < -0.4 is 5.32 Å². The van der Waals surface area contributed by atoms with Gasteiger partial charge >= 0.3 is 12.0 Å². The number of urea groups is 1. The second-order valence-corrected chi connectivity index (χ2v) is 5.68. The number of hydrogen-bond donors (Lipinski definition) is 1. The van der Waals surface area contributed by atoms with Crippen LogP contribution in [0.5, 0.6) is 0 Å². The van der Waals surface area contributed by atoms with E-state index in [0.717, 1.165) is 9.80 Å². The summed E-state index contributed by atoms with van der Waals surface area (Å²) in [6.45, 7) is 3.70. The van der Waals surface area contributed by atoms with Crippen LogP contribution in [0.2, 0.25) is 0 Å². The van der Waals surface area contributed by atoms with Crippen molar-refractivity contribution in [2.24, 2.45) is 5.92 Å². The third-order valence-electron chi connectivity index (χ3n) is 4.04. The maximum Gasteiger partial charge on any atom is 0.338 e. The molecule has 0 spiro atoms. The topological polar surface area (TPSA) is 96.0 Å². The molecule has 0 bridgehead atoms. The molecule has 1 aliphatic rings. The van der Waals surface area contributed by atoms with Gasteiger partial charge in [0.15, 0.2) is 5.92 Å². The Labute approximate surface area is 151 Å². The van der Waals surface area contributed by atoms with E-state index in [9.17, 15) is 19.2 Å². The minimum atomic E-state index is -1.13. The number of amides is 4. The van der Waals surface area contributed by atoms with Gasteiger partial charge in [0.1, 0.15) is 0 Å². The van der Waals surface area contributed by atoms with Crippen molar-refractivity contribution >= 4 is 29.5 Å². The Morgan fingerprint density at radius 3 is 2.12 bits per heavy atom. The first-order valence-corrected chi connectivity index (χ1v) is 8.11. The van der Waals surface area contributed by atoms with E-state index in [1.165, 1.54) is 14.1 Å². The number of carbonyl (C=O) groups excluding carboxylic acids is 4. The molecule has 8 nitrogen and oxygen atoms in total. The molecule has 8 heteroatoms. The summed E-state index contributed by atoms with van der Waals surface area (Å²) in [5, 5.41) is 3.02. The van der Waals surface area contributed by atoms with Crippen molar-refractivity contribution in [2.75, 3.05) is 26.0 Å². The van der Waals surface area contributed by atoms with Crippen LogP contribution in [0.4, 0.5) is 10.5 Å². The fourth-order valence-electron chi connectivity index (χ4n) is 2.55. The lowest BCUT2D eigenvalue weighted by atomic mass is 9.99. The van der Waals surface area contributed by atoms with Gasteiger partial charge in [0.05, 0.1) is 12.2 Å². The van der Waals surface area contributed by atoms with Gasteiger partial charge in [-0.05, 0) is 38.1 Å². The minimum Gasteiger partial charge on any atom is -0.462 e. The average molecular weight is 359 g/mol. The van der Waals surface area contributed by atoms with Gasteiger partial charge in [-0.15, -0.1) is 0 Å². The van der Waals surface area contributed by atoms with Gasteiger partial charge in [-0.1, -0.05) is 6.08 Å². The number of anilines is 1. The van der Waals surface area contributed by atoms with E-state index in [-0.39, 0.29) is 6.61 Å². The molecule has 0 aromatic heterocycles. The van der Waals surface area contributed by atoms with Gasteiger partial charge in [0.2, 0.25) is 11.8 Å². The molecular formula is C18H21N3O5. The third kappa shape index (κ3) is 3.58. The van der Waals surface area contributed by atoms with Crippen molar-refractivity contribution in [3.05, 3.63) is 41.6 Å². The molecule has 26 heavy (non-hydrogen) atoms. The first kappa shape index (κ1) is 19.2. The van der Waals surface area contributed by atoms with Crippen molar-refractivity contribution in [1.82, 2.24) is 9.80 Å². The fraction of sp³-hybridized carbons (Fsp3) is 0.333. The summed E-state index contributed by atoms with van der Waals surface area (Å²) in [6, 6.07) is 5.79. The predicted octanol–water partition coefficient (Wildman–Crippen LogP) is 1.85. The molecule has 0 atom stereocenters. The third-order valence-corrected chi connectivity index (χ3v) is 4.04. The highest BCUT2D eigenvalue weighted by atomic mass is 16.5. The van der Waals surface area contributed by atoms with E-state index in [0.29, 0.717) is 16.9 Å². The molecule has 1 aromatic rings. The molecule has 0 aliphatic carbocycles. The summed E-state index contributed by atoms with van der Waals surface area (Å²) in [4.78, 5) is 50.2. The second kappa shape index (κ2) is 7.81. The van der Waals surface area contributed by atoms with Gasteiger partial charge < -0.3 is 10.1 Å². The lowest BCUT2D eigenvalue weighted by molar-refractivity contribution is -0.145. The van der Waals surface area contributed by atoms with Gasteiger partial charge in [-0.3, -0.25) is 19.4 Å². The predicted molar refractivity (Wildman–Crippen MR) is 94.2 cm³/mol. The van der Waals surface area contributed by atoms with Gasteiger partial charge in [-0.2, -0.15) is 0 Å². The number of allylic oxidation sites excluding steroid dienone is 1. The summed E-state index contributed by atoms with van der Waals surface area (Å²) in [5.74, 6) is -2.74. The van der Waals surface area contributed by atoms with Crippen LogP contribution >= 0.6 is 0 Å². The van der Waals surface area contributed by atoms with Crippen LogP contribution in [0.25, 0.3) is 0 Å². The average Bonchev–Trinajstić information content (AvgIpc) is 2.64. The molecule has 1 aliphatic heterocycles. The van der Waals surface area contributed by atoms with Gasteiger partial charge in [0, 0.05) is 25.5 Å². The highest BCUT2D eigenvalue weighted by Gasteiger charge is 2.44. The Balaban J connectivity index is 2.21.